The van der Waals surface area contributed by atoms with Gasteiger partial charge in [0.15, 0.2) is 0 Å². The molecule has 1 amide bonds. The van der Waals surface area contributed by atoms with Crippen molar-refractivity contribution >= 4 is 5.91 Å². The van der Waals surface area contributed by atoms with E-state index in [9.17, 15) is 24.6 Å². The van der Waals surface area contributed by atoms with E-state index in [0.29, 0.717) is 29.2 Å². The number of aromatic amines is 1. The second-order valence-corrected chi connectivity index (χ2v) is 7.49. The highest BCUT2D eigenvalue weighted by Crippen LogP contribution is 2.19. The van der Waals surface area contributed by atoms with Crippen molar-refractivity contribution in [1.29, 1.82) is 0 Å². The highest BCUT2D eigenvalue weighted by molar-refractivity contribution is 5.96. The third kappa shape index (κ3) is 4.09. The predicted octanol–water partition coefficient (Wildman–Crippen LogP) is -1.40. The number of nitrogens with one attached hydrogen (secondary N) is 2. The average molecular weight is 421 g/mol. The van der Waals surface area contributed by atoms with E-state index in [1.54, 1.807) is 25.5 Å². The fourth-order valence-electron chi connectivity index (χ4n) is 3.79. The maximum atomic E-state index is 12.7. The molecule has 4 N–H and O–H groups in total. The molecule has 0 radical (unpaired) electrons. The lowest BCUT2D eigenvalue weighted by atomic mass is 9.97. The Balaban J connectivity index is 1.71. The van der Waals surface area contributed by atoms with Crippen LogP contribution in [0.2, 0.25) is 0 Å². The van der Waals surface area contributed by atoms with Crippen LogP contribution in [0.25, 0.3) is 0 Å². The van der Waals surface area contributed by atoms with Crippen molar-refractivity contribution in [3.8, 4) is 0 Å². The quantitative estimate of drug-likeness (QED) is 0.463. The molecule has 0 saturated carbocycles. The van der Waals surface area contributed by atoms with Gasteiger partial charge in [0.25, 0.3) is 11.5 Å². The SMILES string of the molecule is CCn1nc(C)c(C(=O)N[C@@H]2CO[C@H](Cn3c(C)cc(=O)[nH]c3=O)[C@@H](O)[C@H]2O)c1C. The van der Waals surface area contributed by atoms with E-state index in [1.165, 1.54) is 10.6 Å². The van der Waals surface area contributed by atoms with Crippen LogP contribution in [0.15, 0.2) is 15.7 Å². The monoisotopic (exact) mass is 421 g/mol. The first-order valence-electron chi connectivity index (χ1n) is 9.77. The number of carbonyl (C=O) groups excluding carboxylic acids is 1. The second-order valence-electron chi connectivity index (χ2n) is 7.49. The largest absolute Gasteiger partial charge is 0.388 e. The first-order valence-corrected chi connectivity index (χ1v) is 9.77. The Morgan fingerprint density at radius 3 is 2.60 bits per heavy atom. The van der Waals surface area contributed by atoms with E-state index >= 15 is 0 Å². The molecule has 3 rings (SSSR count). The first-order chi connectivity index (χ1) is 14.1. The van der Waals surface area contributed by atoms with Gasteiger partial charge in [-0.25, -0.2) is 4.79 Å². The number of aliphatic hydroxyl groups excluding tert-OH is 2. The lowest BCUT2D eigenvalue weighted by Gasteiger charge is -2.38. The molecule has 11 nitrogen and oxygen atoms in total. The lowest BCUT2D eigenvalue weighted by Crippen LogP contribution is -2.60. The summed E-state index contributed by atoms with van der Waals surface area (Å²) in [6, 6.07) is 0.429. The van der Waals surface area contributed by atoms with Crippen molar-refractivity contribution in [3.05, 3.63) is 49.5 Å². The molecule has 0 bridgehead atoms. The Morgan fingerprint density at radius 2 is 2.00 bits per heavy atom. The van der Waals surface area contributed by atoms with Crippen LogP contribution in [0, 0.1) is 20.8 Å². The van der Waals surface area contributed by atoms with Gasteiger partial charge in [0, 0.05) is 24.0 Å². The number of hydrogen-bond donors (Lipinski definition) is 4. The molecule has 1 aliphatic rings. The number of ether oxygens (including phenoxy) is 1. The molecule has 0 aliphatic carbocycles. The first kappa shape index (κ1) is 21.9. The van der Waals surface area contributed by atoms with Crippen LogP contribution < -0.4 is 16.6 Å². The van der Waals surface area contributed by atoms with Crippen molar-refractivity contribution < 1.29 is 19.7 Å². The minimum absolute atomic E-state index is 0.0498. The standard InChI is InChI=1S/C19H27N5O6/c1-5-24-11(4)15(10(3)22-24)18(28)20-12-8-30-13(17(27)16(12)26)7-23-9(2)6-14(25)21-19(23)29/h6,12-13,16-17,26-27H,5,7-8H2,1-4H3,(H,20,28)(H,21,25,29)/t12-,13-,16+,17-/m1/s1. The number of aryl methyl sites for hydroxylation is 3. The molecule has 0 aromatic carbocycles. The Kier molecular flexibility index (Phi) is 6.25. The number of hydrogen-bond acceptors (Lipinski definition) is 7. The summed E-state index contributed by atoms with van der Waals surface area (Å²) in [6.45, 7) is 7.56. The fourth-order valence-corrected chi connectivity index (χ4v) is 3.79. The molecular formula is C19H27N5O6. The van der Waals surface area contributed by atoms with Crippen molar-refractivity contribution in [2.24, 2.45) is 0 Å². The van der Waals surface area contributed by atoms with Gasteiger partial charge in [-0.2, -0.15) is 5.10 Å². The summed E-state index contributed by atoms with van der Waals surface area (Å²) in [5.74, 6) is -0.407. The summed E-state index contributed by atoms with van der Waals surface area (Å²) in [5, 5.41) is 28.1. The van der Waals surface area contributed by atoms with Gasteiger partial charge < -0.3 is 20.3 Å². The Morgan fingerprint density at radius 1 is 1.30 bits per heavy atom. The highest BCUT2D eigenvalue weighted by atomic mass is 16.5. The van der Waals surface area contributed by atoms with Gasteiger partial charge in [-0.1, -0.05) is 0 Å². The number of amides is 1. The van der Waals surface area contributed by atoms with Gasteiger partial charge in [0.1, 0.15) is 18.3 Å². The smallest absolute Gasteiger partial charge is 0.328 e. The molecule has 1 fully saturated rings. The Bertz CT molecular complexity index is 1050. The lowest BCUT2D eigenvalue weighted by molar-refractivity contribution is -0.152. The molecule has 1 saturated heterocycles. The van der Waals surface area contributed by atoms with E-state index in [0.717, 1.165) is 0 Å². The Hall–Kier alpha value is -2.76. The molecule has 2 aromatic rings. The maximum Gasteiger partial charge on any atom is 0.328 e. The van der Waals surface area contributed by atoms with Crippen molar-refractivity contribution in [3.63, 3.8) is 0 Å². The van der Waals surface area contributed by atoms with Gasteiger partial charge >= 0.3 is 5.69 Å². The van der Waals surface area contributed by atoms with Crippen molar-refractivity contribution in [1.82, 2.24) is 24.6 Å². The van der Waals surface area contributed by atoms with E-state index in [1.807, 2.05) is 6.92 Å². The number of aliphatic hydroxyl groups is 2. The molecule has 1 aliphatic heterocycles. The number of nitrogens with zero attached hydrogens (tertiary/aromatic N) is 3. The summed E-state index contributed by atoms with van der Waals surface area (Å²) in [7, 11) is 0. The minimum atomic E-state index is -1.34. The third-order valence-corrected chi connectivity index (χ3v) is 5.46. The van der Waals surface area contributed by atoms with Gasteiger partial charge in [-0.3, -0.25) is 23.8 Å². The van der Waals surface area contributed by atoms with Gasteiger partial charge in [-0.15, -0.1) is 0 Å². The van der Waals surface area contributed by atoms with Crippen LogP contribution in [0.1, 0.15) is 34.4 Å². The van der Waals surface area contributed by atoms with E-state index in [4.69, 9.17) is 4.74 Å². The number of aromatic nitrogens is 4. The van der Waals surface area contributed by atoms with Crippen LogP contribution in [0.4, 0.5) is 0 Å². The number of rotatable bonds is 5. The number of H-pyrrole nitrogens is 1. The second kappa shape index (κ2) is 8.54. The molecule has 0 spiro atoms. The molecule has 164 valence electrons. The molecule has 4 atom stereocenters. The van der Waals surface area contributed by atoms with Gasteiger partial charge in [0.2, 0.25) is 0 Å². The topological polar surface area (TPSA) is 151 Å². The van der Waals surface area contributed by atoms with E-state index < -0.39 is 41.5 Å². The zero-order valence-corrected chi connectivity index (χ0v) is 17.4. The number of carbonyl (C=O) groups is 1. The van der Waals surface area contributed by atoms with Crippen molar-refractivity contribution in [2.45, 2.75) is 65.1 Å². The molecule has 3 heterocycles. The van der Waals surface area contributed by atoms with E-state index in [2.05, 4.69) is 15.4 Å². The van der Waals surface area contributed by atoms with Crippen LogP contribution >= 0.6 is 0 Å². The van der Waals surface area contributed by atoms with Gasteiger partial charge in [-0.05, 0) is 27.7 Å². The predicted molar refractivity (Wildman–Crippen MR) is 106 cm³/mol. The molecule has 11 heteroatoms. The normalized spacial score (nSPS) is 24.1. The fraction of sp³-hybridized carbons (Fsp3) is 0.579. The average Bonchev–Trinajstić information content (AvgIpc) is 2.97. The summed E-state index contributed by atoms with van der Waals surface area (Å²) >= 11 is 0. The summed E-state index contributed by atoms with van der Waals surface area (Å²) in [4.78, 5) is 38.3. The molecule has 0 unspecified atom stereocenters. The zero-order valence-electron chi connectivity index (χ0n) is 17.4. The van der Waals surface area contributed by atoms with Crippen LogP contribution in [0.3, 0.4) is 0 Å². The molecular weight excluding hydrogens is 394 g/mol. The highest BCUT2D eigenvalue weighted by Gasteiger charge is 2.40. The Labute approximate surface area is 172 Å². The van der Waals surface area contributed by atoms with Crippen LogP contribution in [0.5, 0.6) is 0 Å². The van der Waals surface area contributed by atoms with Crippen LogP contribution in [-0.4, -0.2) is 66.4 Å². The molecule has 2 aromatic heterocycles. The zero-order chi connectivity index (χ0) is 22.2. The van der Waals surface area contributed by atoms with Crippen LogP contribution in [-0.2, 0) is 17.8 Å². The van der Waals surface area contributed by atoms with Crippen molar-refractivity contribution in [2.75, 3.05) is 6.61 Å². The van der Waals surface area contributed by atoms with E-state index in [-0.39, 0.29) is 13.2 Å². The summed E-state index contributed by atoms with van der Waals surface area (Å²) in [5.41, 5.74) is 0.979. The minimum Gasteiger partial charge on any atom is -0.388 e. The van der Waals surface area contributed by atoms with Gasteiger partial charge in [0.05, 0.1) is 30.5 Å². The summed E-state index contributed by atoms with van der Waals surface area (Å²) in [6.07, 6.45) is -3.53. The molecule has 30 heavy (non-hydrogen) atoms. The third-order valence-electron chi connectivity index (χ3n) is 5.46. The maximum absolute atomic E-state index is 12.7. The summed E-state index contributed by atoms with van der Waals surface area (Å²) < 4.78 is 8.62.